The van der Waals surface area contributed by atoms with Crippen LogP contribution in [-0.4, -0.2) is 11.6 Å². The first-order chi connectivity index (χ1) is 18.1. The van der Waals surface area contributed by atoms with E-state index in [1.165, 1.54) is 0 Å². The van der Waals surface area contributed by atoms with Crippen molar-refractivity contribution in [3.8, 4) is 16.3 Å². The monoisotopic (exact) mass is 553 g/mol. The highest BCUT2D eigenvalue weighted by Gasteiger charge is 2.41. The van der Waals surface area contributed by atoms with Crippen LogP contribution in [0.15, 0.2) is 55.1 Å². The molecule has 0 radical (unpaired) electrons. The van der Waals surface area contributed by atoms with Crippen LogP contribution in [0.1, 0.15) is 30.1 Å². The second kappa shape index (κ2) is 10.0. The van der Waals surface area contributed by atoms with Crippen LogP contribution < -0.4 is 4.74 Å². The van der Waals surface area contributed by atoms with Crippen molar-refractivity contribution < 1.29 is 40.2 Å². The predicted octanol–water partition coefficient (Wildman–Crippen LogP) is 8.44. The summed E-state index contributed by atoms with van der Waals surface area (Å²) in [6, 6.07) is 7.09. The number of nitrogens with zero attached hydrogens (tertiary/aromatic N) is 1. The van der Waals surface area contributed by atoms with E-state index in [2.05, 4.69) is 16.3 Å². The minimum Gasteiger partial charge on any atom is -0.429 e. The highest BCUT2D eigenvalue weighted by molar-refractivity contribution is 7.21. The van der Waals surface area contributed by atoms with Crippen LogP contribution in [0.3, 0.4) is 0 Å². The van der Waals surface area contributed by atoms with Gasteiger partial charge in [-0.3, -0.25) is 0 Å². The number of benzene rings is 3. The highest BCUT2D eigenvalue weighted by atomic mass is 32.1. The van der Waals surface area contributed by atoms with Gasteiger partial charge in [-0.25, -0.2) is 26.9 Å². The van der Waals surface area contributed by atoms with Gasteiger partial charge in [-0.15, -0.1) is 17.9 Å². The lowest BCUT2D eigenvalue weighted by atomic mass is 9.95. The second-order valence-corrected chi connectivity index (χ2v) is 9.81. The summed E-state index contributed by atoms with van der Waals surface area (Å²) in [5.74, 6) is -9.70. The third kappa shape index (κ3) is 5.00. The summed E-state index contributed by atoms with van der Waals surface area (Å²) in [6.07, 6.45) is -1.18. The molecular weight excluding hydrogens is 535 g/mol. The molecule has 1 aliphatic heterocycles. The molecule has 3 aromatic carbocycles. The quantitative estimate of drug-likeness (QED) is 0.136. The van der Waals surface area contributed by atoms with Gasteiger partial charge in [0.2, 0.25) is 0 Å². The zero-order valence-electron chi connectivity index (χ0n) is 19.4. The van der Waals surface area contributed by atoms with Crippen LogP contribution in [-0.2, 0) is 10.8 Å². The summed E-state index contributed by atoms with van der Waals surface area (Å²) in [7, 11) is 0. The summed E-state index contributed by atoms with van der Waals surface area (Å²) in [5.41, 5.74) is -0.396. The maximum Gasteiger partial charge on any atom is 0.432 e. The standard InChI is InChI=1S/C27H18F7NO2S/c1-2-13-3-6-22(36-12-13)14-4-5-21-23(9-14)38-26(35-21)15-7-17(28)24(18(29)8-15)27(33,34)37-16-10-19(30)25(32)20(31)11-16/h2,4-5,7-11,13,22H,1,3,6,12H2. The van der Waals surface area contributed by atoms with Crippen LogP contribution in [0.25, 0.3) is 20.8 Å². The first-order valence-corrected chi connectivity index (χ1v) is 12.2. The van der Waals surface area contributed by atoms with Gasteiger partial charge in [0, 0.05) is 23.6 Å². The Balaban J connectivity index is 1.42. The molecular formula is C27H18F7NO2S. The number of alkyl halides is 2. The van der Waals surface area contributed by atoms with Gasteiger partial charge in [0.1, 0.15) is 28.0 Å². The highest BCUT2D eigenvalue weighted by Crippen LogP contribution is 2.40. The van der Waals surface area contributed by atoms with Crippen molar-refractivity contribution in [2.75, 3.05) is 6.61 Å². The molecule has 2 heterocycles. The molecule has 198 valence electrons. The van der Waals surface area contributed by atoms with E-state index in [0.717, 1.165) is 29.7 Å². The molecule has 2 atom stereocenters. The van der Waals surface area contributed by atoms with Crippen LogP contribution in [0.5, 0.6) is 5.75 Å². The van der Waals surface area contributed by atoms with Crippen molar-refractivity contribution >= 4 is 21.6 Å². The Morgan fingerprint density at radius 2 is 1.63 bits per heavy atom. The van der Waals surface area contributed by atoms with Gasteiger partial charge >= 0.3 is 6.11 Å². The molecule has 0 aliphatic carbocycles. The average molecular weight is 553 g/mol. The summed E-state index contributed by atoms with van der Waals surface area (Å²) < 4.78 is 109. The predicted molar refractivity (Wildman–Crippen MR) is 127 cm³/mol. The summed E-state index contributed by atoms with van der Waals surface area (Å²) in [6.45, 7) is 4.35. The summed E-state index contributed by atoms with van der Waals surface area (Å²) >= 11 is 1.12. The van der Waals surface area contributed by atoms with E-state index >= 15 is 0 Å². The zero-order chi connectivity index (χ0) is 27.2. The SMILES string of the molecule is C=CC1CCC(c2ccc3nc(-c4cc(F)c(C(F)(F)Oc5cc(F)c(F)c(F)c5)c(F)c4)sc3c2)OC1. The zero-order valence-corrected chi connectivity index (χ0v) is 20.2. The minimum atomic E-state index is -4.67. The topological polar surface area (TPSA) is 31.4 Å². The number of aromatic nitrogens is 1. The Morgan fingerprint density at radius 1 is 0.947 bits per heavy atom. The van der Waals surface area contributed by atoms with Crippen LogP contribution >= 0.6 is 11.3 Å². The summed E-state index contributed by atoms with van der Waals surface area (Å²) in [4.78, 5) is 4.36. The third-order valence-electron chi connectivity index (χ3n) is 6.21. The van der Waals surface area contributed by atoms with Gasteiger partial charge in [-0.05, 0) is 42.7 Å². The van der Waals surface area contributed by atoms with E-state index in [4.69, 9.17) is 4.74 Å². The van der Waals surface area contributed by atoms with E-state index < -0.39 is 46.5 Å². The van der Waals surface area contributed by atoms with Gasteiger partial charge in [0.25, 0.3) is 0 Å². The number of ether oxygens (including phenoxy) is 2. The molecule has 1 aliphatic rings. The average Bonchev–Trinajstić information content (AvgIpc) is 3.30. The van der Waals surface area contributed by atoms with Crippen molar-refractivity contribution in [3.63, 3.8) is 0 Å². The van der Waals surface area contributed by atoms with Gasteiger partial charge in [-0.1, -0.05) is 12.1 Å². The lowest BCUT2D eigenvalue weighted by molar-refractivity contribution is -0.189. The van der Waals surface area contributed by atoms with E-state index in [1.54, 1.807) is 6.07 Å². The molecule has 2 unspecified atom stereocenters. The molecule has 4 aromatic rings. The largest absolute Gasteiger partial charge is 0.432 e. The fourth-order valence-electron chi connectivity index (χ4n) is 4.25. The Morgan fingerprint density at radius 3 is 2.24 bits per heavy atom. The van der Waals surface area contributed by atoms with Crippen molar-refractivity contribution in [1.29, 1.82) is 0 Å². The number of thiazole rings is 1. The molecule has 1 fully saturated rings. The first-order valence-electron chi connectivity index (χ1n) is 11.4. The molecule has 0 N–H and O–H groups in total. The number of hydrogen-bond acceptors (Lipinski definition) is 4. The van der Waals surface area contributed by atoms with Crippen LogP contribution in [0.4, 0.5) is 30.7 Å². The van der Waals surface area contributed by atoms with Crippen LogP contribution in [0.2, 0.25) is 0 Å². The fourth-order valence-corrected chi connectivity index (χ4v) is 5.25. The Bertz CT molecular complexity index is 1480. The smallest absolute Gasteiger partial charge is 0.429 e. The van der Waals surface area contributed by atoms with Gasteiger partial charge < -0.3 is 9.47 Å². The second-order valence-electron chi connectivity index (χ2n) is 8.78. The maximum atomic E-state index is 14.8. The van der Waals surface area contributed by atoms with Gasteiger partial charge in [-0.2, -0.15) is 8.78 Å². The van der Waals surface area contributed by atoms with Crippen molar-refractivity contribution in [1.82, 2.24) is 4.98 Å². The van der Waals surface area contributed by atoms with E-state index in [-0.39, 0.29) is 28.8 Å². The van der Waals surface area contributed by atoms with E-state index in [9.17, 15) is 30.7 Å². The molecule has 0 spiro atoms. The van der Waals surface area contributed by atoms with Crippen molar-refractivity contribution in [3.05, 3.63) is 95.3 Å². The van der Waals surface area contributed by atoms with Gasteiger partial charge in [0.15, 0.2) is 17.5 Å². The number of halogens is 7. The fraction of sp³-hybridized carbons (Fsp3) is 0.222. The lowest BCUT2D eigenvalue weighted by Gasteiger charge is -2.27. The maximum absolute atomic E-state index is 14.8. The molecule has 3 nitrogen and oxygen atoms in total. The number of fused-ring (bicyclic) bond motifs is 1. The molecule has 5 rings (SSSR count). The van der Waals surface area contributed by atoms with Gasteiger partial charge in [0.05, 0.1) is 22.9 Å². The third-order valence-corrected chi connectivity index (χ3v) is 7.28. The number of hydrogen-bond donors (Lipinski definition) is 0. The molecule has 0 bridgehead atoms. The molecule has 11 heteroatoms. The van der Waals surface area contributed by atoms with Crippen molar-refractivity contribution in [2.45, 2.75) is 25.1 Å². The van der Waals surface area contributed by atoms with E-state index in [1.807, 2.05) is 18.2 Å². The normalized spacial score (nSPS) is 18.1. The molecule has 38 heavy (non-hydrogen) atoms. The molecule has 1 saturated heterocycles. The van der Waals surface area contributed by atoms with Crippen molar-refractivity contribution in [2.24, 2.45) is 5.92 Å². The molecule has 0 amide bonds. The lowest BCUT2D eigenvalue weighted by Crippen LogP contribution is -2.25. The Hall–Kier alpha value is -3.44. The van der Waals surface area contributed by atoms with Crippen LogP contribution in [0, 0.1) is 35.0 Å². The first kappa shape index (κ1) is 26.2. The number of rotatable bonds is 6. The Kier molecular flexibility index (Phi) is 6.91. The Labute approximate surface area is 216 Å². The minimum absolute atomic E-state index is 0.0936. The van der Waals surface area contributed by atoms with E-state index in [0.29, 0.717) is 34.9 Å². The molecule has 0 saturated carbocycles. The summed E-state index contributed by atoms with van der Waals surface area (Å²) in [5, 5.41) is 0.185. The molecule has 1 aromatic heterocycles.